The fourth-order valence-corrected chi connectivity index (χ4v) is 3.30. The number of likely N-dealkylation sites (tertiary alicyclic amines) is 1. The number of pyridine rings is 1. The van der Waals surface area contributed by atoms with E-state index in [4.69, 9.17) is 0 Å². The minimum Gasteiger partial charge on any atom is -0.342 e. The zero-order valence-electron chi connectivity index (χ0n) is 13.7. The van der Waals surface area contributed by atoms with Gasteiger partial charge in [-0.05, 0) is 49.8 Å². The molecule has 122 valence electrons. The van der Waals surface area contributed by atoms with Crippen LogP contribution in [0.1, 0.15) is 30.5 Å². The number of rotatable bonds is 5. The maximum absolute atomic E-state index is 12.5. The third-order valence-electron chi connectivity index (χ3n) is 4.59. The Labute approximate surface area is 137 Å². The number of carbonyl (C=O) groups is 1. The first-order valence-corrected chi connectivity index (χ1v) is 8.37. The highest BCUT2D eigenvalue weighted by molar-refractivity contribution is 5.76. The molecule has 3 rings (SSSR count). The summed E-state index contributed by atoms with van der Waals surface area (Å²) in [4.78, 5) is 18.7. The van der Waals surface area contributed by atoms with Crippen LogP contribution in [-0.2, 0) is 17.8 Å². The second-order valence-corrected chi connectivity index (χ2v) is 6.36. The first-order valence-electron chi connectivity index (χ1n) is 8.37. The number of piperidine rings is 1. The van der Waals surface area contributed by atoms with Crippen LogP contribution in [0.15, 0.2) is 36.8 Å². The minimum absolute atomic E-state index is 0.246. The molecule has 1 atom stereocenters. The van der Waals surface area contributed by atoms with E-state index in [1.54, 1.807) is 12.4 Å². The van der Waals surface area contributed by atoms with Crippen molar-refractivity contribution in [1.29, 1.82) is 0 Å². The molecule has 0 aromatic carbocycles. The number of hydrogen-bond acceptors (Lipinski definition) is 3. The Bertz CT molecular complexity index is 637. The van der Waals surface area contributed by atoms with Gasteiger partial charge in [-0.15, -0.1) is 0 Å². The van der Waals surface area contributed by atoms with Crippen LogP contribution in [-0.4, -0.2) is 38.7 Å². The normalized spacial score (nSPS) is 18.1. The molecule has 3 heterocycles. The SMILES string of the molecule is Cc1ccnn1CCC(=O)N1CCC[C@H](Cc2cccnc2)C1. The molecule has 1 amide bonds. The lowest BCUT2D eigenvalue weighted by atomic mass is 9.92. The first-order chi connectivity index (χ1) is 11.2. The van der Waals surface area contributed by atoms with Gasteiger partial charge in [0.2, 0.25) is 5.91 Å². The Kier molecular flexibility index (Phi) is 5.05. The van der Waals surface area contributed by atoms with Gasteiger partial charge in [0, 0.05) is 50.3 Å². The van der Waals surface area contributed by atoms with Crippen molar-refractivity contribution in [3.05, 3.63) is 48.0 Å². The molecule has 2 aromatic heterocycles. The zero-order chi connectivity index (χ0) is 16.1. The van der Waals surface area contributed by atoms with Crippen LogP contribution in [0.3, 0.4) is 0 Å². The zero-order valence-corrected chi connectivity index (χ0v) is 13.7. The van der Waals surface area contributed by atoms with E-state index in [0.717, 1.165) is 31.6 Å². The van der Waals surface area contributed by atoms with Gasteiger partial charge in [0.15, 0.2) is 0 Å². The highest BCUT2D eigenvalue weighted by Gasteiger charge is 2.23. The Morgan fingerprint density at radius 3 is 3.00 bits per heavy atom. The molecule has 23 heavy (non-hydrogen) atoms. The molecule has 0 bridgehead atoms. The lowest BCUT2D eigenvalue weighted by Crippen LogP contribution is -2.40. The van der Waals surface area contributed by atoms with Gasteiger partial charge in [0.05, 0.1) is 0 Å². The van der Waals surface area contributed by atoms with Crippen LogP contribution in [0.2, 0.25) is 0 Å². The number of aromatic nitrogens is 3. The number of aryl methyl sites for hydroxylation is 2. The van der Waals surface area contributed by atoms with E-state index < -0.39 is 0 Å². The quantitative estimate of drug-likeness (QED) is 0.852. The van der Waals surface area contributed by atoms with Crippen molar-refractivity contribution < 1.29 is 4.79 Å². The molecular weight excluding hydrogens is 288 g/mol. The van der Waals surface area contributed by atoms with Crippen molar-refractivity contribution >= 4 is 5.91 Å². The van der Waals surface area contributed by atoms with Crippen molar-refractivity contribution in [1.82, 2.24) is 19.7 Å². The fourth-order valence-electron chi connectivity index (χ4n) is 3.30. The summed E-state index contributed by atoms with van der Waals surface area (Å²) in [5.41, 5.74) is 2.37. The molecule has 0 saturated carbocycles. The summed E-state index contributed by atoms with van der Waals surface area (Å²) < 4.78 is 1.90. The number of hydrogen-bond donors (Lipinski definition) is 0. The second kappa shape index (κ2) is 7.40. The van der Waals surface area contributed by atoms with E-state index in [2.05, 4.69) is 16.1 Å². The van der Waals surface area contributed by atoms with E-state index in [1.807, 2.05) is 34.8 Å². The van der Waals surface area contributed by atoms with Gasteiger partial charge in [-0.3, -0.25) is 14.5 Å². The van der Waals surface area contributed by atoms with Crippen molar-refractivity contribution in [3.8, 4) is 0 Å². The van der Waals surface area contributed by atoms with Crippen LogP contribution < -0.4 is 0 Å². The van der Waals surface area contributed by atoms with Crippen LogP contribution in [0.5, 0.6) is 0 Å². The maximum atomic E-state index is 12.5. The molecule has 2 aromatic rings. The summed E-state index contributed by atoms with van der Waals surface area (Å²) in [5, 5.41) is 4.24. The smallest absolute Gasteiger partial charge is 0.224 e. The number of nitrogens with zero attached hydrogens (tertiary/aromatic N) is 4. The largest absolute Gasteiger partial charge is 0.342 e. The topological polar surface area (TPSA) is 51.0 Å². The maximum Gasteiger partial charge on any atom is 0.224 e. The Morgan fingerprint density at radius 2 is 2.26 bits per heavy atom. The van der Waals surface area contributed by atoms with E-state index in [9.17, 15) is 4.79 Å². The Morgan fingerprint density at radius 1 is 1.35 bits per heavy atom. The van der Waals surface area contributed by atoms with E-state index >= 15 is 0 Å². The number of amides is 1. The fraction of sp³-hybridized carbons (Fsp3) is 0.500. The molecule has 1 saturated heterocycles. The predicted molar refractivity (Wildman–Crippen MR) is 88.8 cm³/mol. The molecule has 0 radical (unpaired) electrons. The van der Waals surface area contributed by atoms with E-state index in [-0.39, 0.29) is 5.91 Å². The summed E-state index contributed by atoms with van der Waals surface area (Å²) in [6.45, 7) is 4.44. The van der Waals surface area contributed by atoms with E-state index in [0.29, 0.717) is 18.9 Å². The molecule has 0 N–H and O–H groups in total. The number of carbonyl (C=O) groups excluding carboxylic acids is 1. The molecule has 1 aliphatic heterocycles. The van der Waals surface area contributed by atoms with Crippen molar-refractivity contribution in [3.63, 3.8) is 0 Å². The van der Waals surface area contributed by atoms with Crippen molar-refractivity contribution in [2.75, 3.05) is 13.1 Å². The summed E-state index contributed by atoms with van der Waals surface area (Å²) in [7, 11) is 0. The van der Waals surface area contributed by atoms with Gasteiger partial charge < -0.3 is 4.90 Å². The van der Waals surface area contributed by atoms with E-state index in [1.165, 1.54) is 12.0 Å². The van der Waals surface area contributed by atoms with Crippen LogP contribution >= 0.6 is 0 Å². The molecule has 0 aliphatic carbocycles. The molecular formula is C18H24N4O. The predicted octanol–water partition coefficient (Wildman–Crippen LogP) is 2.46. The molecule has 0 unspecified atom stereocenters. The summed E-state index contributed by atoms with van der Waals surface area (Å²) in [5.74, 6) is 0.791. The van der Waals surface area contributed by atoms with Gasteiger partial charge in [-0.25, -0.2) is 0 Å². The van der Waals surface area contributed by atoms with Gasteiger partial charge in [-0.2, -0.15) is 5.10 Å². The van der Waals surface area contributed by atoms with Crippen LogP contribution in [0, 0.1) is 12.8 Å². The lowest BCUT2D eigenvalue weighted by molar-refractivity contribution is -0.133. The first kappa shape index (κ1) is 15.7. The average molecular weight is 312 g/mol. The third kappa shape index (κ3) is 4.18. The summed E-state index contributed by atoms with van der Waals surface area (Å²) >= 11 is 0. The average Bonchev–Trinajstić information content (AvgIpc) is 2.99. The Balaban J connectivity index is 1.51. The Hall–Kier alpha value is -2.17. The molecule has 1 fully saturated rings. The van der Waals surface area contributed by atoms with Crippen molar-refractivity contribution in [2.24, 2.45) is 5.92 Å². The van der Waals surface area contributed by atoms with Crippen LogP contribution in [0.25, 0.3) is 0 Å². The molecule has 0 spiro atoms. The van der Waals surface area contributed by atoms with Crippen molar-refractivity contribution in [2.45, 2.75) is 39.2 Å². The highest BCUT2D eigenvalue weighted by Crippen LogP contribution is 2.21. The molecule has 5 heteroatoms. The van der Waals surface area contributed by atoms with Crippen LogP contribution in [0.4, 0.5) is 0 Å². The standard InChI is InChI=1S/C18H24N4O/c1-15-6-9-20-22(15)11-7-18(23)21-10-3-5-17(14-21)12-16-4-2-8-19-13-16/h2,4,6,8-9,13,17H,3,5,7,10-12,14H2,1H3/t17-/m1/s1. The monoisotopic (exact) mass is 312 g/mol. The lowest BCUT2D eigenvalue weighted by Gasteiger charge is -2.33. The summed E-state index contributed by atoms with van der Waals surface area (Å²) in [6.07, 6.45) is 9.34. The second-order valence-electron chi connectivity index (χ2n) is 6.36. The van der Waals surface area contributed by atoms with Gasteiger partial charge in [-0.1, -0.05) is 6.07 Å². The highest BCUT2D eigenvalue weighted by atomic mass is 16.2. The third-order valence-corrected chi connectivity index (χ3v) is 4.59. The molecule has 1 aliphatic rings. The summed E-state index contributed by atoms with van der Waals surface area (Å²) in [6, 6.07) is 6.07. The molecule has 5 nitrogen and oxygen atoms in total. The minimum atomic E-state index is 0.246. The van der Waals surface area contributed by atoms with Gasteiger partial charge in [0.1, 0.15) is 0 Å². The van der Waals surface area contributed by atoms with Gasteiger partial charge >= 0.3 is 0 Å². The van der Waals surface area contributed by atoms with Gasteiger partial charge in [0.25, 0.3) is 0 Å².